The second-order valence-corrected chi connectivity index (χ2v) is 9.99. The van der Waals surface area contributed by atoms with E-state index in [0.717, 1.165) is 5.56 Å². The van der Waals surface area contributed by atoms with Gasteiger partial charge in [-0.1, -0.05) is 48.0 Å². The Kier molecular flexibility index (Phi) is 9.60. The molecular weight excluding hydrogens is 491 g/mol. The first-order valence-electron chi connectivity index (χ1n) is 12.5. The van der Waals surface area contributed by atoms with E-state index in [4.69, 9.17) is 14.2 Å². The number of aryl methyl sites for hydroxylation is 2. The van der Waals surface area contributed by atoms with E-state index in [-0.39, 0.29) is 24.0 Å². The average Bonchev–Trinajstić information content (AvgIpc) is 3.14. The topological polar surface area (TPSA) is 102 Å². The van der Waals surface area contributed by atoms with Gasteiger partial charge in [0, 0.05) is 0 Å². The number of aliphatic hydroxyl groups excluding tert-OH is 1. The van der Waals surface area contributed by atoms with Gasteiger partial charge in [-0.2, -0.15) is 0 Å². The number of ether oxygens (including phenoxy) is 3. The lowest BCUT2D eigenvalue weighted by molar-refractivity contribution is -0.154. The maximum absolute atomic E-state index is 15.5. The van der Waals surface area contributed by atoms with Crippen LogP contribution in [0.5, 0.6) is 0 Å². The van der Waals surface area contributed by atoms with Crippen molar-refractivity contribution in [2.45, 2.75) is 77.7 Å². The van der Waals surface area contributed by atoms with E-state index in [1.54, 1.807) is 75.4 Å². The van der Waals surface area contributed by atoms with Crippen molar-refractivity contribution in [3.05, 3.63) is 88.3 Å². The van der Waals surface area contributed by atoms with Crippen molar-refractivity contribution in [1.29, 1.82) is 0 Å². The molecule has 7 nitrogen and oxygen atoms in total. The zero-order valence-electron chi connectivity index (χ0n) is 22.3. The van der Waals surface area contributed by atoms with Crippen LogP contribution in [0.3, 0.4) is 0 Å². The van der Waals surface area contributed by atoms with E-state index in [1.807, 2.05) is 6.92 Å². The van der Waals surface area contributed by atoms with Gasteiger partial charge >= 0.3 is 11.9 Å². The maximum Gasteiger partial charge on any atom is 0.338 e. The van der Waals surface area contributed by atoms with Gasteiger partial charge < -0.3 is 24.4 Å². The molecular formula is C30H35FO7. The minimum absolute atomic E-state index is 0.0252. The fourth-order valence-electron chi connectivity index (χ4n) is 4.49. The van der Waals surface area contributed by atoms with Crippen molar-refractivity contribution in [3.63, 3.8) is 0 Å². The Bertz CT molecular complexity index is 1200. The normalized spacial score (nSPS) is 20.9. The van der Waals surface area contributed by atoms with Crippen LogP contribution in [0.4, 0.5) is 4.39 Å². The molecule has 1 aliphatic rings. The van der Waals surface area contributed by atoms with Crippen LogP contribution in [0.2, 0.25) is 0 Å². The van der Waals surface area contributed by atoms with Gasteiger partial charge in [-0.25, -0.2) is 14.0 Å². The highest BCUT2D eigenvalue weighted by Crippen LogP contribution is 2.36. The van der Waals surface area contributed by atoms with E-state index < -0.39 is 48.0 Å². The van der Waals surface area contributed by atoms with E-state index >= 15 is 4.39 Å². The third-order valence-corrected chi connectivity index (χ3v) is 6.08. The molecule has 0 radical (unpaired) electrons. The van der Waals surface area contributed by atoms with E-state index in [2.05, 4.69) is 0 Å². The number of carbonyl (C=O) groups is 2. The minimum atomic E-state index is -1.42. The van der Waals surface area contributed by atoms with Crippen LogP contribution in [-0.2, 0) is 14.2 Å². The molecule has 38 heavy (non-hydrogen) atoms. The molecule has 0 saturated carbocycles. The number of benzene rings is 2. The van der Waals surface area contributed by atoms with Gasteiger partial charge in [0.1, 0.15) is 11.9 Å². The fourth-order valence-corrected chi connectivity index (χ4v) is 4.49. The summed E-state index contributed by atoms with van der Waals surface area (Å²) in [4.78, 5) is 24.7. The number of hydrogen-bond donors (Lipinski definition) is 2. The Morgan fingerprint density at radius 3 is 2.47 bits per heavy atom. The van der Waals surface area contributed by atoms with E-state index in [1.165, 1.54) is 13.0 Å². The molecule has 204 valence electrons. The van der Waals surface area contributed by atoms with Crippen molar-refractivity contribution in [2.24, 2.45) is 0 Å². The predicted octanol–water partition coefficient (Wildman–Crippen LogP) is 5.77. The molecule has 0 aromatic heterocycles. The van der Waals surface area contributed by atoms with Gasteiger partial charge in [0.2, 0.25) is 0 Å². The summed E-state index contributed by atoms with van der Waals surface area (Å²) in [6, 6.07) is 11.8. The molecule has 1 fully saturated rings. The van der Waals surface area contributed by atoms with E-state index in [9.17, 15) is 19.8 Å². The van der Waals surface area contributed by atoms with Gasteiger partial charge in [-0.15, -0.1) is 0 Å². The van der Waals surface area contributed by atoms with Crippen LogP contribution >= 0.6 is 0 Å². The van der Waals surface area contributed by atoms with Crippen LogP contribution in [0.1, 0.15) is 71.0 Å². The molecule has 2 aromatic rings. The number of esters is 1. The summed E-state index contributed by atoms with van der Waals surface area (Å²) in [6.07, 6.45) is 0.979. The molecule has 1 saturated heterocycles. The van der Waals surface area contributed by atoms with Gasteiger partial charge in [0.05, 0.1) is 23.3 Å². The number of carboxylic acids is 1. The summed E-state index contributed by atoms with van der Waals surface area (Å²) < 4.78 is 33.1. The van der Waals surface area contributed by atoms with Crippen molar-refractivity contribution < 1.29 is 38.4 Å². The fraction of sp³-hybridized carbons (Fsp3) is 0.400. The first kappa shape index (κ1) is 29.2. The molecule has 1 aliphatic heterocycles. The smallest absolute Gasteiger partial charge is 0.338 e. The number of hydrogen-bond acceptors (Lipinski definition) is 6. The maximum atomic E-state index is 15.5. The summed E-state index contributed by atoms with van der Waals surface area (Å²) >= 11 is 0. The lowest BCUT2D eigenvalue weighted by Gasteiger charge is -2.25. The minimum Gasteiger partial charge on any atom is -0.478 e. The number of carbonyl (C=O) groups excluding carboxylic acids is 1. The molecule has 0 aliphatic carbocycles. The lowest BCUT2D eigenvalue weighted by atomic mass is 9.97. The molecule has 8 heteroatoms. The van der Waals surface area contributed by atoms with Crippen molar-refractivity contribution in [3.8, 4) is 0 Å². The van der Waals surface area contributed by atoms with Crippen molar-refractivity contribution in [1.82, 2.24) is 0 Å². The SMILES string of the molecule is Cc1cc(C)c(C(=O)O)c(/C=C/C[C@@H]2OC(C)(C)OC2C(OC(=O)c2ccccc2)/C(F)=C\CC(C)O)c1. The summed E-state index contributed by atoms with van der Waals surface area (Å²) in [6.45, 7) is 8.52. The predicted molar refractivity (Wildman–Crippen MR) is 141 cm³/mol. The second kappa shape index (κ2) is 12.5. The van der Waals surface area contributed by atoms with Crippen molar-refractivity contribution in [2.75, 3.05) is 0 Å². The second-order valence-electron chi connectivity index (χ2n) is 9.99. The molecule has 2 aromatic carbocycles. The van der Waals surface area contributed by atoms with Gasteiger partial charge in [0.15, 0.2) is 11.9 Å². The molecule has 0 spiro atoms. The third kappa shape index (κ3) is 7.60. The summed E-state index contributed by atoms with van der Waals surface area (Å²) in [5.74, 6) is -3.59. The molecule has 2 N–H and O–H groups in total. The summed E-state index contributed by atoms with van der Waals surface area (Å²) in [5, 5.41) is 19.3. The Morgan fingerprint density at radius 2 is 1.84 bits per heavy atom. The summed E-state index contributed by atoms with van der Waals surface area (Å²) in [7, 11) is 0. The first-order chi connectivity index (χ1) is 17.9. The van der Waals surface area contributed by atoms with Gasteiger partial charge in [0.25, 0.3) is 0 Å². The number of aromatic carboxylic acids is 1. The molecule has 1 heterocycles. The lowest BCUT2D eigenvalue weighted by Crippen LogP contribution is -2.39. The molecule has 3 rings (SSSR count). The van der Waals surface area contributed by atoms with E-state index in [0.29, 0.717) is 11.1 Å². The standard InChI is InChI=1S/C30H35FO7/c1-18-16-19(2)25(28(33)34)22(17-18)12-9-13-24-27(38-30(4,5)37-24)26(23(31)15-14-20(3)32)36-29(35)21-10-7-6-8-11-21/h6-12,15-17,20,24,26-27,32H,13-14H2,1-5H3,(H,33,34)/b12-9+,23-15+/t20?,24-,26?,27?/m0/s1. The average molecular weight is 527 g/mol. The number of halogens is 1. The van der Waals surface area contributed by atoms with Crippen LogP contribution in [0, 0.1) is 13.8 Å². The highest BCUT2D eigenvalue weighted by molar-refractivity contribution is 5.94. The van der Waals surface area contributed by atoms with Gasteiger partial charge in [-0.3, -0.25) is 0 Å². The molecule has 4 atom stereocenters. The first-order valence-corrected chi connectivity index (χ1v) is 12.5. The molecule has 3 unspecified atom stereocenters. The van der Waals surface area contributed by atoms with Crippen LogP contribution in [0.15, 0.2) is 60.4 Å². The summed E-state index contributed by atoms with van der Waals surface area (Å²) in [5.41, 5.74) is 2.57. The molecule has 0 bridgehead atoms. The zero-order valence-corrected chi connectivity index (χ0v) is 22.3. The van der Waals surface area contributed by atoms with Crippen LogP contribution in [-0.4, -0.2) is 52.4 Å². The molecule has 0 amide bonds. The number of carboxylic acid groups (broad SMARTS) is 1. The zero-order chi connectivity index (χ0) is 28.0. The Labute approximate surface area is 222 Å². The van der Waals surface area contributed by atoms with Crippen LogP contribution < -0.4 is 0 Å². The largest absolute Gasteiger partial charge is 0.478 e. The highest BCUT2D eigenvalue weighted by atomic mass is 19.1. The monoisotopic (exact) mass is 526 g/mol. The highest BCUT2D eigenvalue weighted by Gasteiger charge is 2.47. The van der Waals surface area contributed by atoms with Crippen LogP contribution in [0.25, 0.3) is 6.08 Å². The third-order valence-electron chi connectivity index (χ3n) is 6.08. The quantitative estimate of drug-likeness (QED) is 0.379. The number of aliphatic hydroxyl groups is 1. The number of rotatable bonds is 10. The Hall–Kier alpha value is -3.33. The van der Waals surface area contributed by atoms with Gasteiger partial charge in [-0.05, 0) is 76.8 Å². The Morgan fingerprint density at radius 1 is 1.16 bits per heavy atom. The van der Waals surface area contributed by atoms with Crippen molar-refractivity contribution >= 4 is 18.0 Å². The Balaban J connectivity index is 1.90.